The van der Waals surface area contributed by atoms with Crippen LogP contribution in [0, 0.1) is 0 Å². The van der Waals surface area contributed by atoms with Crippen LogP contribution in [-0.4, -0.2) is 46.4 Å². The van der Waals surface area contributed by atoms with E-state index in [1.165, 1.54) is 12.3 Å². The van der Waals surface area contributed by atoms with E-state index in [0.717, 1.165) is 30.6 Å². The molecule has 6 nitrogen and oxygen atoms in total. The molecule has 2 aliphatic rings. The summed E-state index contributed by atoms with van der Waals surface area (Å²) in [6, 6.07) is 12.3. The van der Waals surface area contributed by atoms with Crippen LogP contribution in [0.1, 0.15) is 19.3 Å². The Morgan fingerprint density at radius 2 is 1.67 bits per heavy atom. The molecule has 0 atom stereocenters. The van der Waals surface area contributed by atoms with Crippen molar-refractivity contribution in [3.05, 3.63) is 58.6 Å². The first-order chi connectivity index (χ1) is 14.3. The van der Waals surface area contributed by atoms with E-state index in [-0.39, 0.29) is 9.80 Å². The molecule has 2 heterocycles. The maximum absolute atomic E-state index is 13.3. The number of carbonyl (C=O) groups is 1. The molecular formula is C22H24ClN3O3S. The molecule has 2 aliphatic heterocycles. The van der Waals surface area contributed by atoms with Crippen molar-refractivity contribution < 1.29 is 13.2 Å². The van der Waals surface area contributed by atoms with Crippen LogP contribution < -0.4 is 9.80 Å². The number of hydrogen-bond acceptors (Lipinski definition) is 5. The standard InChI is InChI=1S/C22H24ClN3O3S/c1-24(2)17-7-9-18(10-8-17)26-15-21(22(27)25-12-4-3-5-13-25)30(28,29)20-11-6-16(23)14-19(20)26/h6-11,14-15H,3-5,12-13H2,1-2H3. The highest BCUT2D eigenvalue weighted by Crippen LogP contribution is 2.41. The van der Waals surface area contributed by atoms with Crippen LogP contribution in [0.4, 0.5) is 17.1 Å². The average Bonchev–Trinajstić information content (AvgIpc) is 2.74. The summed E-state index contributed by atoms with van der Waals surface area (Å²) in [5.41, 5.74) is 2.21. The minimum Gasteiger partial charge on any atom is -0.378 e. The van der Waals surface area contributed by atoms with E-state index in [0.29, 0.717) is 23.8 Å². The van der Waals surface area contributed by atoms with Crippen LogP contribution in [0.25, 0.3) is 0 Å². The number of sulfone groups is 1. The lowest BCUT2D eigenvalue weighted by Gasteiger charge is -2.32. The van der Waals surface area contributed by atoms with Gasteiger partial charge < -0.3 is 14.7 Å². The summed E-state index contributed by atoms with van der Waals surface area (Å²) in [5, 5.41) is 0.429. The van der Waals surface area contributed by atoms with Crippen LogP contribution in [0.5, 0.6) is 0 Å². The maximum Gasteiger partial charge on any atom is 0.267 e. The molecule has 0 saturated carbocycles. The van der Waals surface area contributed by atoms with E-state index in [4.69, 9.17) is 11.6 Å². The fourth-order valence-electron chi connectivity index (χ4n) is 3.83. The normalized spacial score (nSPS) is 17.9. The summed E-state index contributed by atoms with van der Waals surface area (Å²) in [7, 11) is -0.0469. The highest BCUT2D eigenvalue weighted by atomic mass is 35.5. The summed E-state index contributed by atoms with van der Waals surface area (Å²) in [5.74, 6) is -0.440. The van der Waals surface area contributed by atoms with Gasteiger partial charge in [0.25, 0.3) is 5.91 Å². The smallest absolute Gasteiger partial charge is 0.267 e. The summed E-state index contributed by atoms with van der Waals surface area (Å²) in [6.07, 6.45) is 4.28. The Labute approximate surface area is 182 Å². The molecule has 0 aliphatic carbocycles. The van der Waals surface area contributed by atoms with Crippen molar-refractivity contribution in [3.63, 3.8) is 0 Å². The van der Waals surface area contributed by atoms with Gasteiger partial charge in [-0.2, -0.15) is 0 Å². The Morgan fingerprint density at radius 1 is 1.00 bits per heavy atom. The minimum absolute atomic E-state index is 0.0893. The van der Waals surface area contributed by atoms with Gasteiger partial charge in [0.05, 0.1) is 10.6 Å². The van der Waals surface area contributed by atoms with Crippen molar-refractivity contribution in [1.29, 1.82) is 0 Å². The number of piperidine rings is 1. The average molecular weight is 446 g/mol. The number of rotatable bonds is 3. The molecule has 2 aromatic carbocycles. The number of likely N-dealkylation sites (tertiary alicyclic amines) is 1. The zero-order valence-corrected chi connectivity index (χ0v) is 18.6. The largest absolute Gasteiger partial charge is 0.378 e. The first kappa shape index (κ1) is 20.8. The molecular weight excluding hydrogens is 422 g/mol. The lowest BCUT2D eigenvalue weighted by atomic mass is 10.1. The van der Waals surface area contributed by atoms with Gasteiger partial charge in [-0.3, -0.25) is 4.79 Å². The monoisotopic (exact) mass is 445 g/mol. The molecule has 0 radical (unpaired) electrons. The molecule has 2 aromatic rings. The predicted molar refractivity (Wildman–Crippen MR) is 120 cm³/mol. The van der Waals surface area contributed by atoms with E-state index in [2.05, 4.69) is 0 Å². The lowest BCUT2D eigenvalue weighted by Crippen LogP contribution is -2.39. The van der Waals surface area contributed by atoms with E-state index in [1.54, 1.807) is 21.9 Å². The second kappa shape index (κ2) is 7.96. The third kappa shape index (κ3) is 3.68. The second-order valence-corrected chi connectivity index (χ2v) is 10.1. The van der Waals surface area contributed by atoms with Crippen LogP contribution in [-0.2, 0) is 14.6 Å². The van der Waals surface area contributed by atoms with E-state index in [9.17, 15) is 13.2 Å². The Kier molecular flexibility index (Phi) is 5.51. The molecule has 1 amide bonds. The molecule has 0 aromatic heterocycles. The van der Waals surface area contributed by atoms with Gasteiger partial charge in [0, 0.05) is 49.8 Å². The van der Waals surface area contributed by atoms with Crippen LogP contribution in [0.15, 0.2) is 58.5 Å². The molecule has 0 bridgehead atoms. The van der Waals surface area contributed by atoms with Crippen molar-refractivity contribution in [3.8, 4) is 0 Å². The number of anilines is 3. The number of nitrogens with zero attached hydrogens (tertiary/aromatic N) is 3. The Balaban J connectivity index is 1.84. The van der Waals surface area contributed by atoms with Gasteiger partial charge in [0.2, 0.25) is 9.84 Å². The minimum atomic E-state index is -3.95. The fourth-order valence-corrected chi connectivity index (χ4v) is 5.51. The predicted octanol–water partition coefficient (Wildman–Crippen LogP) is 4.19. The van der Waals surface area contributed by atoms with Crippen molar-refractivity contribution in [2.24, 2.45) is 0 Å². The summed E-state index contributed by atoms with van der Waals surface area (Å²) in [4.78, 5) is 18.4. The van der Waals surface area contributed by atoms with Crippen LogP contribution in [0.2, 0.25) is 5.02 Å². The molecule has 1 fully saturated rings. The number of benzene rings is 2. The van der Waals surface area contributed by atoms with Gasteiger partial charge >= 0.3 is 0 Å². The van der Waals surface area contributed by atoms with E-state index < -0.39 is 15.7 Å². The number of amides is 1. The Bertz CT molecular complexity index is 1100. The maximum atomic E-state index is 13.3. The zero-order valence-electron chi connectivity index (χ0n) is 17.0. The number of carbonyl (C=O) groups excluding carboxylic acids is 1. The quantitative estimate of drug-likeness (QED) is 0.709. The van der Waals surface area contributed by atoms with Gasteiger partial charge in [-0.05, 0) is 61.7 Å². The SMILES string of the molecule is CN(C)c1ccc(N2C=C(C(=O)N3CCCCC3)S(=O)(=O)c3ccc(Cl)cc32)cc1. The third-order valence-electron chi connectivity index (χ3n) is 5.50. The molecule has 4 rings (SSSR count). The van der Waals surface area contributed by atoms with Crippen LogP contribution >= 0.6 is 11.6 Å². The lowest BCUT2D eigenvalue weighted by molar-refractivity contribution is -0.127. The molecule has 0 unspecified atom stereocenters. The topological polar surface area (TPSA) is 60.9 Å². The molecule has 1 saturated heterocycles. The number of fused-ring (bicyclic) bond motifs is 1. The van der Waals surface area contributed by atoms with Crippen molar-refractivity contribution in [2.75, 3.05) is 37.0 Å². The number of halogens is 1. The summed E-state index contributed by atoms with van der Waals surface area (Å²) >= 11 is 6.19. The van der Waals surface area contributed by atoms with Crippen molar-refractivity contribution >= 4 is 44.4 Å². The van der Waals surface area contributed by atoms with E-state index in [1.807, 2.05) is 43.3 Å². The summed E-state index contributed by atoms with van der Waals surface area (Å²) in [6.45, 7) is 1.16. The van der Waals surface area contributed by atoms with Crippen LogP contribution in [0.3, 0.4) is 0 Å². The summed E-state index contributed by atoms with van der Waals surface area (Å²) < 4.78 is 26.7. The van der Waals surface area contributed by atoms with Gasteiger partial charge in [-0.25, -0.2) is 8.42 Å². The molecule has 30 heavy (non-hydrogen) atoms. The molecule has 8 heteroatoms. The molecule has 158 valence electrons. The second-order valence-electron chi connectivity index (χ2n) is 7.74. The zero-order chi connectivity index (χ0) is 21.5. The van der Waals surface area contributed by atoms with E-state index >= 15 is 0 Å². The first-order valence-corrected chi connectivity index (χ1v) is 11.8. The van der Waals surface area contributed by atoms with Gasteiger partial charge in [0.15, 0.2) is 4.91 Å². The number of hydrogen-bond donors (Lipinski definition) is 0. The molecule has 0 spiro atoms. The Morgan fingerprint density at radius 3 is 2.30 bits per heavy atom. The van der Waals surface area contributed by atoms with Gasteiger partial charge in [-0.1, -0.05) is 11.6 Å². The van der Waals surface area contributed by atoms with Gasteiger partial charge in [-0.15, -0.1) is 0 Å². The fraction of sp³-hybridized carbons (Fsp3) is 0.318. The Hall–Kier alpha value is -2.51. The third-order valence-corrected chi connectivity index (χ3v) is 7.52. The highest BCUT2D eigenvalue weighted by Gasteiger charge is 2.38. The van der Waals surface area contributed by atoms with Crippen molar-refractivity contribution in [2.45, 2.75) is 24.2 Å². The highest BCUT2D eigenvalue weighted by molar-refractivity contribution is 7.96. The van der Waals surface area contributed by atoms with Gasteiger partial charge in [0.1, 0.15) is 0 Å². The first-order valence-electron chi connectivity index (χ1n) is 9.91. The van der Waals surface area contributed by atoms with Crippen molar-refractivity contribution in [1.82, 2.24) is 4.90 Å². The molecule has 0 N–H and O–H groups in total.